The van der Waals surface area contributed by atoms with E-state index in [9.17, 15) is 0 Å². The van der Waals surface area contributed by atoms with Crippen LogP contribution in [0.2, 0.25) is 0 Å². The second-order valence-electron chi connectivity index (χ2n) is 3.49. The molecule has 0 aliphatic carbocycles. The number of nitrogens with one attached hydrogen (secondary N) is 1. The SMILES string of the molecule is Cc1c[nH]c(=S)n1CCc1nncn1C. The summed E-state index contributed by atoms with van der Waals surface area (Å²) in [6.45, 7) is 2.86. The quantitative estimate of drug-likeness (QED) is 0.796. The van der Waals surface area contributed by atoms with Crippen molar-refractivity contribution < 1.29 is 0 Å². The van der Waals surface area contributed by atoms with Crippen molar-refractivity contribution in [3.63, 3.8) is 0 Å². The summed E-state index contributed by atoms with van der Waals surface area (Å²) in [4.78, 5) is 3.02. The predicted molar refractivity (Wildman–Crippen MR) is 59.1 cm³/mol. The maximum absolute atomic E-state index is 5.17. The van der Waals surface area contributed by atoms with E-state index in [2.05, 4.69) is 19.7 Å². The van der Waals surface area contributed by atoms with E-state index in [0.29, 0.717) is 0 Å². The minimum absolute atomic E-state index is 0.759. The average molecular weight is 223 g/mol. The molecule has 2 heterocycles. The van der Waals surface area contributed by atoms with Gasteiger partial charge in [0.05, 0.1) is 0 Å². The highest BCUT2D eigenvalue weighted by Crippen LogP contribution is 2.02. The number of hydrogen-bond donors (Lipinski definition) is 1. The van der Waals surface area contributed by atoms with Gasteiger partial charge in [0.25, 0.3) is 0 Å². The van der Waals surface area contributed by atoms with Gasteiger partial charge >= 0.3 is 0 Å². The van der Waals surface area contributed by atoms with Gasteiger partial charge in [-0.15, -0.1) is 10.2 Å². The topological polar surface area (TPSA) is 51.4 Å². The Morgan fingerprint density at radius 1 is 1.53 bits per heavy atom. The highest BCUT2D eigenvalue weighted by atomic mass is 32.1. The first-order chi connectivity index (χ1) is 7.18. The molecule has 2 rings (SSSR count). The second-order valence-corrected chi connectivity index (χ2v) is 3.88. The summed E-state index contributed by atoms with van der Waals surface area (Å²) < 4.78 is 4.74. The summed E-state index contributed by atoms with van der Waals surface area (Å²) in [5.74, 6) is 0.970. The number of aromatic amines is 1. The lowest BCUT2D eigenvalue weighted by Gasteiger charge is -2.04. The molecule has 0 amide bonds. The number of aromatic nitrogens is 5. The van der Waals surface area contributed by atoms with Crippen LogP contribution < -0.4 is 0 Å². The molecule has 0 saturated heterocycles. The fourth-order valence-corrected chi connectivity index (χ4v) is 1.80. The fraction of sp³-hybridized carbons (Fsp3) is 0.444. The van der Waals surface area contributed by atoms with E-state index >= 15 is 0 Å². The minimum Gasteiger partial charge on any atom is -0.337 e. The molecule has 0 aliphatic rings. The van der Waals surface area contributed by atoms with Gasteiger partial charge in [0.1, 0.15) is 12.2 Å². The van der Waals surface area contributed by atoms with Crippen LogP contribution in [0.5, 0.6) is 0 Å². The number of nitrogens with zero attached hydrogens (tertiary/aromatic N) is 4. The summed E-state index contributed by atoms with van der Waals surface area (Å²) in [5.41, 5.74) is 1.14. The summed E-state index contributed by atoms with van der Waals surface area (Å²) in [6, 6.07) is 0. The van der Waals surface area contributed by atoms with Gasteiger partial charge in [-0.1, -0.05) is 0 Å². The summed E-state index contributed by atoms with van der Waals surface area (Å²) in [6.07, 6.45) is 4.46. The van der Waals surface area contributed by atoms with Crippen molar-refractivity contribution in [2.45, 2.75) is 19.9 Å². The predicted octanol–water partition coefficient (Wildman–Crippen LogP) is 1.23. The molecule has 1 N–H and O–H groups in total. The van der Waals surface area contributed by atoms with E-state index in [1.165, 1.54) is 0 Å². The summed E-state index contributed by atoms with van der Waals surface area (Å²) >= 11 is 5.17. The number of imidazole rings is 1. The van der Waals surface area contributed by atoms with Gasteiger partial charge in [-0.25, -0.2) is 0 Å². The maximum atomic E-state index is 5.17. The number of H-pyrrole nitrogens is 1. The molecule has 0 unspecified atom stereocenters. The van der Waals surface area contributed by atoms with Gasteiger partial charge in [-0.3, -0.25) is 0 Å². The van der Waals surface area contributed by atoms with E-state index in [1.807, 2.05) is 24.7 Å². The molecule has 0 bridgehead atoms. The molecule has 0 fully saturated rings. The van der Waals surface area contributed by atoms with Crippen LogP contribution in [-0.2, 0) is 20.0 Å². The first kappa shape index (κ1) is 10.1. The normalized spacial score (nSPS) is 10.8. The highest BCUT2D eigenvalue weighted by Gasteiger charge is 2.03. The Morgan fingerprint density at radius 2 is 2.33 bits per heavy atom. The lowest BCUT2D eigenvalue weighted by molar-refractivity contribution is 0.630. The Hall–Kier alpha value is -1.43. The smallest absolute Gasteiger partial charge is 0.177 e. The van der Waals surface area contributed by atoms with Crippen molar-refractivity contribution in [1.29, 1.82) is 0 Å². The number of rotatable bonds is 3. The van der Waals surface area contributed by atoms with E-state index in [-0.39, 0.29) is 0 Å². The van der Waals surface area contributed by atoms with E-state index < -0.39 is 0 Å². The number of hydrogen-bond acceptors (Lipinski definition) is 3. The van der Waals surface area contributed by atoms with Gasteiger partial charge in [-0.2, -0.15) is 0 Å². The van der Waals surface area contributed by atoms with Crippen LogP contribution in [-0.4, -0.2) is 24.3 Å². The zero-order valence-corrected chi connectivity index (χ0v) is 9.58. The Labute approximate surface area is 92.8 Å². The Morgan fingerprint density at radius 3 is 2.87 bits per heavy atom. The largest absolute Gasteiger partial charge is 0.337 e. The molecule has 15 heavy (non-hydrogen) atoms. The third-order valence-corrected chi connectivity index (χ3v) is 2.78. The molecule has 0 spiro atoms. The van der Waals surface area contributed by atoms with Crippen molar-refractivity contribution in [3.05, 3.63) is 28.8 Å². The van der Waals surface area contributed by atoms with Gasteiger partial charge in [0.2, 0.25) is 0 Å². The van der Waals surface area contributed by atoms with E-state index in [4.69, 9.17) is 12.2 Å². The highest BCUT2D eigenvalue weighted by molar-refractivity contribution is 7.71. The molecule has 0 aliphatic heterocycles. The third-order valence-electron chi connectivity index (χ3n) is 2.44. The molecule has 6 heteroatoms. The standard InChI is InChI=1S/C9H13N5S/c1-7-5-10-9(15)14(7)4-3-8-12-11-6-13(8)2/h5-6H,3-4H2,1-2H3,(H,10,15). The zero-order chi connectivity index (χ0) is 10.8. The van der Waals surface area contributed by atoms with Crippen LogP contribution in [0.1, 0.15) is 11.5 Å². The molecule has 2 aromatic rings. The molecule has 2 aromatic heterocycles. The Balaban J connectivity index is 2.12. The maximum Gasteiger partial charge on any atom is 0.177 e. The molecule has 0 saturated carbocycles. The van der Waals surface area contributed by atoms with Gasteiger partial charge in [0.15, 0.2) is 4.77 Å². The van der Waals surface area contributed by atoms with Crippen LogP contribution in [0.15, 0.2) is 12.5 Å². The second kappa shape index (κ2) is 3.98. The van der Waals surface area contributed by atoms with Crippen LogP contribution in [0.25, 0.3) is 0 Å². The molecular weight excluding hydrogens is 210 g/mol. The Kier molecular flexibility index (Phi) is 2.68. The van der Waals surface area contributed by atoms with Crippen LogP contribution >= 0.6 is 12.2 Å². The minimum atomic E-state index is 0.759. The molecular formula is C9H13N5S. The van der Waals surface area contributed by atoms with Crippen molar-refractivity contribution in [2.75, 3.05) is 0 Å². The van der Waals surface area contributed by atoms with Gasteiger partial charge < -0.3 is 14.1 Å². The first-order valence-electron chi connectivity index (χ1n) is 4.76. The van der Waals surface area contributed by atoms with Crippen molar-refractivity contribution >= 4 is 12.2 Å². The number of aryl methyl sites for hydroxylation is 3. The average Bonchev–Trinajstić information content (AvgIpc) is 2.73. The van der Waals surface area contributed by atoms with Crippen molar-refractivity contribution in [2.24, 2.45) is 7.05 Å². The van der Waals surface area contributed by atoms with Crippen LogP contribution in [0.4, 0.5) is 0 Å². The summed E-state index contributed by atoms with van der Waals surface area (Å²) in [5, 5.41) is 7.87. The van der Waals surface area contributed by atoms with Gasteiger partial charge in [0, 0.05) is 31.9 Å². The fourth-order valence-electron chi connectivity index (χ4n) is 1.51. The monoisotopic (exact) mass is 223 g/mol. The molecule has 0 aromatic carbocycles. The van der Waals surface area contributed by atoms with Gasteiger partial charge in [-0.05, 0) is 19.1 Å². The van der Waals surface area contributed by atoms with E-state index in [0.717, 1.165) is 29.3 Å². The zero-order valence-electron chi connectivity index (χ0n) is 8.77. The lowest BCUT2D eigenvalue weighted by atomic mass is 10.4. The lowest BCUT2D eigenvalue weighted by Crippen LogP contribution is -2.06. The first-order valence-corrected chi connectivity index (χ1v) is 5.17. The summed E-state index contributed by atoms with van der Waals surface area (Å²) in [7, 11) is 1.94. The van der Waals surface area contributed by atoms with Crippen molar-refractivity contribution in [3.8, 4) is 0 Å². The van der Waals surface area contributed by atoms with Crippen molar-refractivity contribution in [1.82, 2.24) is 24.3 Å². The molecule has 80 valence electrons. The molecule has 0 atom stereocenters. The molecule has 5 nitrogen and oxygen atoms in total. The van der Waals surface area contributed by atoms with E-state index in [1.54, 1.807) is 6.33 Å². The van der Waals surface area contributed by atoms with Crippen LogP contribution in [0.3, 0.4) is 0 Å². The third kappa shape index (κ3) is 1.99. The Bertz CT molecular complexity index is 507. The van der Waals surface area contributed by atoms with Crippen LogP contribution in [0, 0.1) is 11.7 Å². The molecule has 0 radical (unpaired) electrons.